The molecule has 4 N–H and O–H groups in total. The SMILES string of the molecule is Nc1ccc(-c2cccc(Br)c2)cc1N. The zero-order valence-corrected chi connectivity index (χ0v) is 9.66. The summed E-state index contributed by atoms with van der Waals surface area (Å²) in [7, 11) is 0. The predicted octanol–water partition coefficient (Wildman–Crippen LogP) is 3.28. The smallest absolute Gasteiger partial charge is 0.0554 e. The average Bonchev–Trinajstić information content (AvgIpc) is 2.22. The van der Waals surface area contributed by atoms with Gasteiger partial charge in [0.25, 0.3) is 0 Å². The van der Waals surface area contributed by atoms with Gasteiger partial charge in [0.2, 0.25) is 0 Å². The van der Waals surface area contributed by atoms with Gasteiger partial charge in [0.15, 0.2) is 0 Å². The maximum Gasteiger partial charge on any atom is 0.0554 e. The number of hydrogen-bond donors (Lipinski definition) is 2. The number of nitrogens with two attached hydrogens (primary N) is 2. The largest absolute Gasteiger partial charge is 0.397 e. The molecular weight excluding hydrogens is 252 g/mol. The summed E-state index contributed by atoms with van der Waals surface area (Å²) in [6.45, 7) is 0. The van der Waals surface area contributed by atoms with Crippen molar-refractivity contribution >= 4 is 27.3 Å². The molecule has 0 heterocycles. The molecule has 0 unspecified atom stereocenters. The molecule has 2 aromatic carbocycles. The van der Waals surface area contributed by atoms with Crippen molar-refractivity contribution < 1.29 is 0 Å². The normalized spacial score (nSPS) is 10.2. The van der Waals surface area contributed by atoms with E-state index >= 15 is 0 Å². The molecule has 0 aromatic heterocycles. The maximum atomic E-state index is 5.76. The maximum absolute atomic E-state index is 5.76. The molecule has 0 saturated heterocycles. The van der Waals surface area contributed by atoms with E-state index in [1.807, 2.05) is 42.5 Å². The number of benzene rings is 2. The van der Waals surface area contributed by atoms with Crippen LogP contribution in [0.1, 0.15) is 0 Å². The summed E-state index contributed by atoms with van der Waals surface area (Å²) >= 11 is 3.44. The topological polar surface area (TPSA) is 52.0 Å². The Balaban J connectivity index is 2.50. The third kappa shape index (κ3) is 2.13. The molecule has 0 aliphatic rings. The fourth-order valence-corrected chi connectivity index (χ4v) is 1.82. The standard InChI is InChI=1S/C12H11BrN2/c13-10-3-1-2-8(6-10)9-4-5-11(14)12(15)7-9/h1-7H,14-15H2. The summed E-state index contributed by atoms with van der Waals surface area (Å²) in [4.78, 5) is 0. The summed E-state index contributed by atoms with van der Waals surface area (Å²) in [6, 6.07) is 13.7. The Morgan fingerprint density at radius 2 is 1.53 bits per heavy atom. The molecule has 0 aliphatic carbocycles. The van der Waals surface area contributed by atoms with Gasteiger partial charge in [-0.25, -0.2) is 0 Å². The molecule has 76 valence electrons. The second-order valence-electron chi connectivity index (χ2n) is 3.35. The van der Waals surface area contributed by atoms with E-state index in [0.29, 0.717) is 11.4 Å². The van der Waals surface area contributed by atoms with Crippen molar-refractivity contribution in [1.29, 1.82) is 0 Å². The molecule has 0 spiro atoms. The second kappa shape index (κ2) is 3.95. The van der Waals surface area contributed by atoms with Gasteiger partial charge >= 0.3 is 0 Å². The molecule has 15 heavy (non-hydrogen) atoms. The van der Waals surface area contributed by atoms with Crippen LogP contribution in [-0.2, 0) is 0 Å². The average molecular weight is 263 g/mol. The molecule has 0 radical (unpaired) electrons. The molecule has 0 atom stereocenters. The van der Waals surface area contributed by atoms with Gasteiger partial charge in [0, 0.05) is 4.47 Å². The lowest BCUT2D eigenvalue weighted by molar-refractivity contribution is 1.58. The number of anilines is 2. The van der Waals surface area contributed by atoms with Crippen LogP contribution in [-0.4, -0.2) is 0 Å². The van der Waals surface area contributed by atoms with E-state index < -0.39 is 0 Å². The van der Waals surface area contributed by atoms with Crippen LogP contribution in [0, 0.1) is 0 Å². The number of hydrogen-bond acceptors (Lipinski definition) is 2. The second-order valence-corrected chi connectivity index (χ2v) is 4.27. The molecule has 3 heteroatoms. The van der Waals surface area contributed by atoms with Crippen molar-refractivity contribution in [1.82, 2.24) is 0 Å². The highest BCUT2D eigenvalue weighted by atomic mass is 79.9. The summed E-state index contributed by atoms with van der Waals surface area (Å²) in [5.74, 6) is 0. The first-order valence-electron chi connectivity index (χ1n) is 4.58. The zero-order chi connectivity index (χ0) is 10.8. The molecule has 0 aliphatic heterocycles. The quantitative estimate of drug-likeness (QED) is 0.776. The van der Waals surface area contributed by atoms with Crippen LogP contribution < -0.4 is 11.5 Å². The van der Waals surface area contributed by atoms with Gasteiger partial charge in [-0.3, -0.25) is 0 Å². The van der Waals surface area contributed by atoms with Crippen molar-refractivity contribution in [2.24, 2.45) is 0 Å². The van der Waals surface area contributed by atoms with Gasteiger partial charge in [-0.05, 0) is 35.4 Å². The van der Waals surface area contributed by atoms with Gasteiger partial charge < -0.3 is 11.5 Å². The minimum atomic E-state index is 0.618. The monoisotopic (exact) mass is 262 g/mol. The van der Waals surface area contributed by atoms with E-state index in [1.54, 1.807) is 0 Å². The third-order valence-corrected chi connectivity index (χ3v) is 2.74. The Morgan fingerprint density at radius 1 is 0.800 bits per heavy atom. The van der Waals surface area contributed by atoms with Crippen molar-refractivity contribution in [3.8, 4) is 11.1 Å². The Morgan fingerprint density at radius 3 is 2.20 bits per heavy atom. The van der Waals surface area contributed by atoms with Crippen molar-refractivity contribution in [3.63, 3.8) is 0 Å². The molecule has 2 aromatic rings. The fraction of sp³-hybridized carbons (Fsp3) is 0. The van der Waals surface area contributed by atoms with Crippen molar-refractivity contribution in [2.75, 3.05) is 11.5 Å². The predicted molar refractivity (Wildman–Crippen MR) is 68.4 cm³/mol. The Kier molecular flexibility index (Phi) is 2.64. The minimum absolute atomic E-state index is 0.618. The van der Waals surface area contributed by atoms with Gasteiger partial charge in [-0.1, -0.05) is 34.1 Å². The van der Waals surface area contributed by atoms with Crippen LogP contribution in [0.25, 0.3) is 11.1 Å². The lowest BCUT2D eigenvalue weighted by Crippen LogP contribution is -1.94. The first kappa shape index (κ1) is 10.1. The van der Waals surface area contributed by atoms with E-state index in [1.165, 1.54) is 0 Å². The first-order valence-corrected chi connectivity index (χ1v) is 5.37. The molecular formula is C12H11BrN2. The van der Waals surface area contributed by atoms with Crippen LogP contribution in [0.15, 0.2) is 46.9 Å². The molecule has 2 nitrogen and oxygen atoms in total. The lowest BCUT2D eigenvalue weighted by Gasteiger charge is -2.05. The lowest BCUT2D eigenvalue weighted by atomic mass is 10.0. The number of halogens is 1. The fourth-order valence-electron chi connectivity index (χ4n) is 1.42. The molecule has 2 rings (SSSR count). The summed E-state index contributed by atoms with van der Waals surface area (Å²) < 4.78 is 1.05. The van der Waals surface area contributed by atoms with E-state index in [-0.39, 0.29) is 0 Å². The Hall–Kier alpha value is -1.48. The van der Waals surface area contributed by atoms with Crippen LogP contribution in [0.4, 0.5) is 11.4 Å². The van der Waals surface area contributed by atoms with E-state index in [9.17, 15) is 0 Å². The summed E-state index contributed by atoms with van der Waals surface area (Å²) in [6.07, 6.45) is 0. The van der Waals surface area contributed by atoms with E-state index in [0.717, 1.165) is 15.6 Å². The van der Waals surface area contributed by atoms with Crippen LogP contribution in [0.2, 0.25) is 0 Å². The van der Waals surface area contributed by atoms with E-state index in [4.69, 9.17) is 11.5 Å². The summed E-state index contributed by atoms with van der Waals surface area (Å²) in [5, 5.41) is 0. The van der Waals surface area contributed by atoms with Gasteiger partial charge in [-0.2, -0.15) is 0 Å². The highest BCUT2D eigenvalue weighted by Gasteiger charge is 2.00. The first-order chi connectivity index (χ1) is 7.16. The van der Waals surface area contributed by atoms with E-state index in [2.05, 4.69) is 15.9 Å². The van der Waals surface area contributed by atoms with Crippen LogP contribution >= 0.6 is 15.9 Å². The molecule has 0 saturated carbocycles. The van der Waals surface area contributed by atoms with Crippen LogP contribution in [0.3, 0.4) is 0 Å². The zero-order valence-electron chi connectivity index (χ0n) is 8.07. The van der Waals surface area contributed by atoms with Gasteiger partial charge in [0.1, 0.15) is 0 Å². The highest BCUT2D eigenvalue weighted by molar-refractivity contribution is 9.10. The van der Waals surface area contributed by atoms with Crippen LogP contribution in [0.5, 0.6) is 0 Å². The van der Waals surface area contributed by atoms with Gasteiger partial charge in [-0.15, -0.1) is 0 Å². The Labute approximate surface area is 97.0 Å². The number of nitrogen functional groups attached to an aromatic ring is 2. The molecule has 0 fully saturated rings. The minimum Gasteiger partial charge on any atom is -0.397 e. The molecule has 0 amide bonds. The third-order valence-electron chi connectivity index (χ3n) is 2.24. The Bertz CT molecular complexity index is 495. The number of rotatable bonds is 1. The highest BCUT2D eigenvalue weighted by Crippen LogP contribution is 2.26. The van der Waals surface area contributed by atoms with Crippen molar-refractivity contribution in [2.45, 2.75) is 0 Å². The molecule has 0 bridgehead atoms. The summed E-state index contributed by atoms with van der Waals surface area (Å²) in [5.41, 5.74) is 14.9. The van der Waals surface area contributed by atoms with Crippen molar-refractivity contribution in [3.05, 3.63) is 46.9 Å². The van der Waals surface area contributed by atoms with Gasteiger partial charge in [0.05, 0.1) is 11.4 Å².